The molecule has 1 amide bonds. The van der Waals surface area contributed by atoms with E-state index in [0.29, 0.717) is 29.2 Å². The highest BCUT2D eigenvalue weighted by atomic mass is 32.2. The molecule has 0 bridgehead atoms. The molecule has 0 heterocycles. The molecule has 5 nitrogen and oxygen atoms in total. The van der Waals surface area contributed by atoms with Gasteiger partial charge in [0.25, 0.3) is 5.91 Å². The number of thioether (sulfide) groups is 1. The molecule has 100 valence electrons. The summed E-state index contributed by atoms with van der Waals surface area (Å²) in [5.74, 6) is 0.0656. The predicted octanol–water partition coefficient (Wildman–Crippen LogP) is 0.894. The van der Waals surface area contributed by atoms with Crippen molar-refractivity contribution in [1.29, 1.82) is 0 Å². The molecule has 6 heteroatoms. The standard InChI is InChI=1S/C12H19N3O2S/c1-12(17,7-18-2)6-15-10-5-8(13)3-4-9(10)11(14)16/h3-5,15,17H,6-7,13H2,1-2H3,(H2,14,16). The SMILES string of the molecule is CSCC(C)(O)CNc1cc(N)ccc1C(N)=O. The third-order valence-corrected chi connectivity index (χ3v) is 3.33. The zero-order chi connectivity index (χ0) is 13.8. The molecular weight excluding hydrogens is 250 g/mol. The van der Waals surface area contributed by atoms with Gasteiger partial charge in [0.1, 0.15) is 0 Å². The minimum Gasteiger partial charge on any atom is -0.399 e. The second kappa shape index (κ2) is 5.97. The first-order chi connectivity index (χ1) is 8.35. The second-order valence-corrected chi connectivity index (χ2v) is 5.32. The van der Waals surface area contributed by atoms with Crippen molar-refractivity contribution in [2.75, 3.05) is 29.6 Å². The highest BCUT2D eigenvalue weighted by molar-refractivity contribution is 7.98. The van der Waals surface area contributed by atoms with Crippen LogP contribution >= 0.6 is 11.8 Å². The first kappa shape index (κ1) is 14.7. The van der Waals surface area contributed by atoms with Gasteiger partial charge in [0.05, 0.1) is 11.2 Å². The number of carbonyl (C=O) groups is 1. The molecule has 1 rings (SSSR count). The van der Waals surface area contributed by atoms with Gasteiger partial charge in [0.15, 0.2) is 0 Å². The third-order valence-electron chi connectivity index (χ3n) is 2.42. The summed E-state index contributed by atoms with van der Waals surface area (Å²) in [5.41, 5.74) is 11.5. The van der Waals surface area contributed by atoms with Gasteiger partial charge in [-0.1, -0.05) is 0 Å². The number of primary amides is 1. The molecular formula is C12H19N3O2S. The number of benzene rings is 1. The summed E-state index contributed by atoms with van der Waals surface area (Å²) in [5, 5.41) is 13.1. The zero-order valence-electron chi connectivity index (χ0n) is 10.6. The van der Waals surface area contributed by atoms with Crippen molar-refractivity contribution in [3.8, 4) is 0 Å². The van der Waals surface area contributed by atoms with Gasteiger partial charge >= 0.3 is 0 Å². The smallest absolute Gasteiger partial charge is 0.250 e. The molecule has 0 aromatic heterocycles. The summed E-state index contributed by atoms with van der Waals surface area (Å²) in [4.78, 5) is 11.3. The largest absolute Gasteiger partial charge is 0.399 e. The van der Waals surface area contributed by atoms with Crippen molar-refractivity contribution in [3.05, 3.63) is 23.8 Å². The van der Waals surface area contributed by atoms with Gasteiger partial charge in [-0.15, -0.1) is 0 Å². The number of rotatable bonds is 6. The minimum absolute atomic E-state index is 0.317. The van der Waals surface area contributed by atoms with Crippen molar-refractivity contribution in [3.63, 3.8) is 0 Å². The summed E-state index contributed by atoms with van der Waals surface area (Å²) in [6, 6.07) is 4.82. The number of nitrogen functional groups attached to an aromatic ring is 1. The van der Waals surface area contributed by atoms with Crippen LogP contribution in [-0.2, 0) is 0 Å². The molecule has 1 aromatic rings. The zero-order valence-corrected chi connectivity index (χ0v) is 11.4. The number of carbonyl (C=O) groups excluding carboxylic acids is 1. The Bertz CT molecular complexity index is 435. The van der Waals surface area contributed by atoms with Gasteiger partial charge in [-0.25, -0.2) is 0 Å². The fourth-order valence-electron chi connectivity index (χ4n) is 1.57. The highest BCUT2D eigenvalue weighted by Crippen LogP contribution is 2.20. The number of nitrogens with two attached hydrogens (primary N) is 2. The first-order valence-corrected chi connectivity index (χ1v) is 6.89. The predicted molar refractivity (Wildman–Crippen MR) is 76.9 cm³/mol. The van der Waals surface area contributed by atoms with Crippen molar-refractivity contribution in [2.45, 2.75) is 12.5 Å². The third kappa shape index (κ3) is 4.12. The fraction of sp³-hybridized carbons (Fsp3) is 0.417. The summed E-state index contributed by atoms with van der Waals surface area (Å²) in [6.07, 6.45) is 1.92. The Balaban J connectivity index is 2.83. The topological polar surface area (TPSA) is 101 Å². The van der Waals surface area contributed by atoms with Crippen LogP contribution in [0.4, 0.5) is 11.4 Å². The normalized spacial score (nSPS) is 13.9. The Kier molecular flexibility index (Phi) is 4.86. The molecule has 18 heavy (non-hydrogen) atoms. The summed E-state index contributed by atoms with van der Waals surface area (Å²) >= 11 is 1.55. The lowest BCUT2D eigenvalue weighted by atomic mass is 10.1. The van der Waals surface area contributed by atoms with Crippen LogP contribution in [0.1, 0.15) is 17.3 Å². The average molecular weight is 269 g/mol. The van der Waals surface area contributed by atoms with Crippen LogP contribution in [0.15, 0.2) is 18.2 Å². The maximum absolute atomic E-state index is 11.3. The van der Waals surface area contributed by atoms with Crippen molar-refractivity contribution in [1.82, 2.24) is 0 Å². The van der Waals surface area contributed by atoms with E-state index < -0.39 is 11.5 Å². The Hall–Kier alpha value is -1.40. The highest BCUT2D eigenvalue weighted by Gasteiger charge is 2.20. The lowest BCUT2D eigenvalue weighted by Crippen LogP contribution is -2.36. The number of amides is 1. The van der Waals surface area contributed by atoms with Crippen molar-refractivity contribution < 1.29 is 9.90 Å². The molecule has 0 saturated carbocycles. The van der Waals surface area contributed by atoms with Gasteiger partial charge in [0, 0.05) is 23.7 Å². The lowest BCUT2D eigenvalue weighted by Gasteiger charge is -2.24. The number of hydrogen-bond donors (Lipinski definition) is 4. The number of nitrogens with one attached hydrogen (secondary N) is 1. The molecule has 0 radical (unpaired) electrons. The van der Waals surface area contributed by atoms with E-state index in [9.17, 15) is 9.90 Å². The van der Waals surface area contributed by atoms with Crippen molar-refractivity contribution in [2.24, 2.45) is 5.73 Å². The monoisotopic (exact) mass is 269 g/mol. The Labute approximate surface area is 111 Å². The van der Waals surface area contributed by atoms with E-state index in [0.717, 1.165) is 0 Å². The first-order valence-electron chi connectivity index (χ1n) is 5.50. The molecule has 0 spiro atoms. The molecule has 0 aliphatic heterocycles. The van der Waals surface area contributed by atoms with E-state index in [1.807, 2.05) is 6.26 Å². The van der Waals surface area contributed by atoms with Crippen LogP contribution < -0.4 is 16.8 Å². The number of hydrogen-bond acceptors (Lipinski definition) is 5. The van der Waals surface area contributed by atoms with Gasteiger partial charge in [-0.3, -0.25) is 4.79 Å². The van der Waals surface area contributed by atoms with E-state index in [1.165, 1.54) is 0 Å². The van der Waals surface area contributed by atoms with Gasteiger partial charge in [0.2, 0.25) is 0 Å². The molecule has 0 aliphatic rings. The summed E-state index contributed by atoms with van der Waals surface area (Å²) < 4.78 is 0. The average Bonchev–Trinajstić information content (AvgIpc) is 2.26. The van der Waals surface area contributed by atoms with Gasteiger partial charge in [-0.05, 0) is 31.4 Å². The Morgan fingerprint density at radius 2 is 2.22 bits per heavy atom. The maximum atomic E-state index is 11.3. The quantitative estimate of drug-likeness (QED) is 0.575. The molecule has 0 aliphatic carbocycles. The van der Waals surface area contributed by atoms with E-state index >= 15 is 0 Å². The van der Waals surface area contributed by atoms with Crippen LogP contribution in [0, 0.1) is 0 Å². The van der Waals surface area contributed by atoms with Gasteiger partial charge < -0.3 is 21.9 Å². The molecule has 0 saturated heterocycles. The fourth-order valence-corrected chi connectivity index (χ4v) is 2.29. The van der Waals surface area contributed by atoms with Crippen LogP contribution in [-0.4, -0.2) is 35.2 Å². The molecule has 1 aromatic carbocycles. The summed E-state index contributed by atoms with van der Waals surface area (Å²) in [6.45, 7) is 2.05. The molecule has 1 unspecified atom stereocenters. The number of aliphatic hydroxyl groups is 1. The summed E-state index contributed by atoms with van der Waals surface area (Å²) in [7, 11) is 0. The minimum atomic E-state index is -0.862. The Morgan fingerprint density at radius 1 is 1.56 bits per heavy atom. The maximum Gasteiger partial charge on any atom is 0.250 e. The Morgan fingerprint density at radius 3 is 2.78 bits per heavy atom. The van der Waals surface area contributed by atoms with E-state index in [-0.39, 0.29) is 0 Å². The number of anilines is 2. The van der Waals surface area contributed by atoms with Crippen molar-refractivity contribution >= 4 is 29.0 Å². The van der Waals surface area contributed by atoms with E-state index in [2.05, 4.69) is 5.32 Å². The van der Waals surface area contributed by atoms with E-state index in [1.54, 1.807) is 36.9 Å². The van der Waals surface area contributed by atoms with Crippen LogP contribution in [0.2, 0.25) is 0 Å². The van der Waals surface area contributed by atoms with E-state index in [4.69, 9.17) is 11.5 Å². The lowest BCUT2D eigenvalue weighted by molar-refractivity contribution is 0.0981. The molecule has 6 N–H and O–H groups in total. The van der Waals surface area contributed by atoms with Gasteiger partial charge in [-0.2, -0.15) is 11.8 Å². The van der Waals surface area contributed by atoms with Crippen LogP contribution in [0.3, 0.4) is 0 Å². The van der Waals surface area contributed by atoms with Crippen LogP contribution in [0.5, 0.6) is 0 Å². The van der Waals surface area contributed by atoms with Crippen LogP contribution in [0.25, 0.3) is 0 Å². The molecule has 1 atom stereocenters. The molecule has 0 fully saturated rings. The second-order valence-electron chi connectivity index (χ2n) is 4.45.